The number of furan rings is 1. The van der Waals surface area contributed by atoms with E-state index in [-0.39, 0.29) is 5.41 Å². The van der Waals surface area contributed by atoms with Crippen LogP contribution >= 0.6 is 0 Å². The maximum Gasteiger partial charge on any atom is 0.0934 e. The number of hydrogen-bond acceptors (Lipinski definition) is 2. The maximum absolute atomic E-state index is 11.4. The molecule has 1 saturated carbocycles. The molecule has 2 heteroatoms. The van der Waals surface area contributed by atoms with E-state index in [1.165, 1.54) is 11.1 Å². The van der Waals surface area contributed by atoms with Gasteiger partial charge in [-0.3, -0.25) is 0 Å². The minimum Gasteiger partial charge on any atom is -0.472 e. The molecule has 3 rings (SSSR count). The van der Waals surface area contributed by atoms with Gasteiger partial charge in [-0.2, -0.15) is 0 Å². The lowest BCUT2D eigenvalue weighted by molar-refractivity contribution is -0.133. The molecule has 0 spiro atoms. The van der Waals surface area contributed by atoms with Crippen molar-refractivity contribution in [1.82, 2.24) is 0 Å². The van der Waals surface area contributed by atoms with Gasteiger partial charge in [0.15, 0.2) is 0 Å². The van der Waals surface area contributed by atoms with Gasteiger partial charge in [-0.1, -0.05) is 25.5 Å². The molecule has 1 aromatic heterocycles. The number of aryl methyl sites for hydroxylation is 1. The van der Waals surface area contributed by atoms with Gasteiger partial charge in [0.25, 0.3) is 0 Å². The van der Waals surface area contributed by atoms with Crippen molar-refractivity contribution in [2.45, 2.75) is 71.3 Å². The minimum absolute atomic E-state index is 0.211. The molecule has 0 bridgehead atoms. The second kappa shape index (κ2) is 5.88. The normalized spacial score (nSPS) is 39.0. The Labute approximate surface area is 134 Å². The van der Waals surface area contributed by atoms with E-state index >= 15 is 0 Å². The first-order valence-corrected chi connectivity index (χ1v) is 8.83. The van der Waals surface area contributed by atoms with Crippen molar-refractivity contribution in [1.29, 1.82) is 0 Å². The lowest BCUT2D eigenvalue weighted by Crippen LogP contribution is -2.53. The van der Waals surface area contributed by atoms with Crippen LogP contribution in [0.15, 0.2) is 34.7 Å². The molecule has 0 aliphatic heterocycles. The molecule has 122 valence electrons. The summed E-state index contributed by atoms with van der Waals surface area (Å²) in [6.45, 7) is 6.99. The van der Waals surface area contributed by atoms with Gasteiger partial charge in [-0.25, -0.2) is 0 Å². The smallest absolute Gasteiger partial charge is 0.0934 e. The van der Waals surface area contributed by atoms with Crippen LogP contribution in [0.4, 0.5) is 0 Å². The predicted octanol–water partition coefficient (Wildman–Crippen LogP) is 5.13. The van der Waals surface area contributed by atoms with Crippen LogP contribution < -0.4 is 0 Å². The van der Waals surface area contributed by atoms with Crippen molar-refractivity contribution in [3.05, 3.63) is 35.8 Å². The van der Waals surface area contributed by atoms with E-state index in [4.69, 9.17) is 4.42 Å². The minimum atomic E-state index is -0.491. The van der Waals surface area contributed by atoms with Crippen LogP contribution in [-0.2, 0) is 6.42 Å². The van der Waals surface area contributed by atoms with Crippen LogP contribution in [0.5, 0.6) is 0 Å². The summed E-state index contributed by atoms with van der Waals surface area (Å²) in [6, 6.07) is 2.07. The molecule has 22 heavy (non-hydrogen) atoms. The summed E-state index contributed by atoms with van der Waals surface area (Å²) in [5.41, 5.74) is 2.37. The third-order valence-electron chi connectivity index (χ3n) is 6.65. The lowest BCUT2D eigenvalue weighted by Gasteiger charge is -2.54. The van der Waals surface area contributed by atoms with Gasteiger partial charge >= 0.3 is 0 Å². The Balaban J connectivity index is 1.83. The third-order valence-corrected chi connectivity index (χ3v) is 6.65. The van der Waals surface area contributed by atoms with Crippen LogP contribution in [-0.4, -0.2) is 10.7 Å². The lowest BCUT2D eigenvalue weighted by atomic mass is 9.53. The first-order valence-electron chi connectivity index (χ1n) is 8.83. The zero-order valence-electron chi connectivity index (χ0n) is 14.3. The second-order valence-corrected chi connectivity index (χ2v) is 8.04. The van der Waals surface area contributed by atoms with Crippen LogP contribution in [0.1, 0.15) is 64.9 Å². The van der Waals surface area contributed by atoms with Gasteiger partial charge in [0.05, 0.1) is 18.1 Å². The molecular formula is C20H30O2. The summed E-state index contributed by atoms with van der Waals surface area (Å²) < 4.78 is 5.22. The van der Waals surface area contributed by atoms with E-state index in [0.717, 1.165) is 44.9 Å². The van der Waals surface area contributed by atoms with Crippen LogP contribution in [0.2, 0.25) is 0 Å². The van der Waals surface area contributed by atoms with E-state index in [2.05, 4.69) is 32.9 Å². The number of aliphatic hydroxyl groups is 1. The number of allylic oxidation sites excluding steroid dienone is 1. The van der Waals surface area contributed by atoms with Gasteiger partial charge in [-0.15, -0.1) is 0 Å². The molecule has 2 aliphatic carbocycles. The molecule has 0 saturated heterocycles. The Morgan fingerprint density at radius 2 is 2.18 bits per heavy atom. The zero-order chi connectivity index (χ0) is 15.8. The highest BCUT2D eigenvalue weighted by Crippen LogP contribution is 2.56. The average molecular weight is 302 g/mol. The van der Waals surface area contributed by atoms with E-state index < -0.39 is 5.60 Å². The number of hydrogen-bond donors (Lipinski definition) is 1. The Kier molecular flexibility index (Phi) is 4.24. The Morgan fingerprint density at radius 3 is 2.91 bits per heavy atom. The average Bonchev–Trinajstić information content (AvgIpc) is 2.93. The quantitative estimate of drug-likeness (QED) is 0.786. The van der Waals surface area contributed by atoms with Crippen molar-refractivity contribution < 1.29 is 9.52 Å². The van der Waals surface area contributed by atoms with Crippen molar-refractivity contribution in [2.75, 3.05) is 0 Å². The van der Waals surface area contributed by atoms with E-state index in [9.17, 15) is 5.11 Å². The van der Waals surface area contributed by atoms with Crippen LogP contribution in [0.3, 0.4) is 0 Å². The predicted molar refractivity (Wildman–Crippen MR) is 89.6 cm³/mol. The first-order chi connectivity index (χ1) is 10.4. The largest absolute Gasteiger partial charge is 0.472 e. The van der Waals surface area contributed by atoms with E-state index in [1.54, 1.807) is 6.26 Å². The molecule has 1 aromatic rings. The van der Waals surface area contributed by atoms with Gasteiger partial charge < -0.3 is 9.52 Å². The highest BCUT2D eigenvalue weighted by atomic mass is 16.3. The van der Waals surface area contributed by atoms with Gasteiger partial charge in [0, 0.05) is 0 Å². The second-order valence-electron chi connectivity index (χ2n) is 8.04. The third kappa shape index (κ3) is 2.78. The SMILES string of the molecule is CC1=CCCC2C(O)(CCC(C)C2(C)CCc2ccoc2)C1. The summed E-state index contributed by atoms with van der Waals surface area (Å²) in [6.07, 6.45) is 13.4. The summed E-state index contributed by atoms with van der Waals surface area (Å²) in [5, 5.41) is 11.4. The molecule has 4 atom stereocenters. The molecule has 0 amide bonds. The van der Waals surface area contributed by atoms with Gasteiger partial charge in [0.1, 0.15) is 0 Å². The fourth-order valence-electron chi connectivity index (χ4n) is 5.06. The summed E-state index contributed by atoms with van der Waals surface area (Å²) >= 11 is 0. The standard InChI is InChI=1S/C20H30O2/c1-15-5-4-6-18-19(3,10-8-17-9-12-22-14-17)16(2)7-11-20(18,21)13-15/h5,9,12,14,16,18,21H,4,6-8,10-11,13H2,1-3H3. The maximum atomic E-state index is 11.4. The van der Waals surface area contributed by atoms with Crippen molar-refractivity contribution in [3.63, 3.8) is 0 Å². The Hall–Kier alpha value is -1.02. The first kappa shape index (κ1) is 15.9. The van der Waals surface area contributed by atoms with E-state index in [1.807, 2.05) is 6.26 Å². The molecule has 2 nitrogen and oxygen atoms in total. The molecular weight excluding hydrogens is 272 g/mol. The molecule has 1 heterocycles. The molecule has 0 radical (unpaired) electrons. The Morgan fingerprint density at radius 1 is 1.36 bits per heavy atom. The van der Waals surface area contributed by atoms with Gasteiger partial charge in [0.2, 0.25) is 0 Å². The fourth-order valence-corrected chi connectivity index (χ4v) is 5.06. The van der Waals surface area contributed by atoms with Crippen LogP contribution in [0, 0.1) is 17.3 Å². The van der Waals surface area contributed by atoms with E-state index in [0.29, 0.717) is 11.8 Å². The van der Waals surface area contributed by atoms with Crippen molar-refractivity contribution in [2.24, 2.45) is 17.3 Å². The number of fused-ring (bicyclic) bond motifs is 1. The highest BCUT2D eigenvalue weighted by molar-refractivity contribution is 5.15. The molecule has 2 aliphatic rings. The summed E-state index contributed by atoms with van der Waals surface area (Å²) in [7, 11) is 0. The number of rotatable bonds is 3. The molecule has 1 N–H and O–H groups in total. The monoisotopic (exact) mass is 302 g/mol. The summed E-state index contributed by atoms with van der Waals surface area (Å²) in [4.78, 5) is 0. The zero-order valence-corrected chi connectivity index (χ0v) is 14.3. The van der Waals surface area contributed by atoms with Crippen molar-refractivity contribution >= 4 is 0 Å². The summed E-state index contributed by atoms with van der Waals surface area (Å²) in [5.74, 6) is 1.08. The molecule has 1 fully saturated rings. The van der Waals surface area contributed by atoms with Crippen molar-refractivity contribution in [3.8, 4) is 0 Å². The molecule has 0 aromatic carbocycles. The fraction of sp³-hybridized carbons (Fsp3) is 0.700. The van der Waals surface area contributed by atoms with Crippen LogP contribution in [0.25, 0.3) is 0 Å². The van der Waals surface area contributed by atoms with Gasteiger partial charge in [-0.05, 0) is 80.8 Å². The Bertz CT molecular complexity index is 530. The topological polar surface area (TPSA) is 33.4 Å². The molecule has 4 unspecified atom stereocenters. The highest BCUT2D eigenvalue weighted by Gasteiger charge is 2.53.